The average Bonchev–Trinajstić information content (AvgIpc) is 2.95. The Kier molecular flexibility index (Phi) is 4.13. The Morgan fingerprint density at radius 2 is 2.00 bits per heavy atom. The first-order chi connectivity index (χ1) is 10.3. The van der Waals surface area contributed by atoms with E-state index in [4.69, 9.17) is 12.2 Å². The molecule has 21 heavy (non-hydrogen) atoms. The lowest BCUT2D eigenvalue weighted by molar-refractivity contribution is 0.979. The fourth-order valence-electron chi connectivity index (χ4n) is 2.11. The summed E-state index contributed by atoms with van der Waals surface area (Å²) in [6.07, 6.45) is 0. The van der Waals surface area contributed by atoms with Crippen LogP contribution in [0.2, 0.25) is 0 Å². The number of hydrogen-bond acceptors (Lipinski definition) is 3. The van der Waals surface area contributed by atoms with Crippen molar-refractivity contribution in [2.45, 2.75) is 6.92 Å². The van der Waals surface area contributed by atoms with Crippen molar-refractivity contribution in [3.05, 3.63) is 47.8 Å². The fourth-order valence-corrected chi connectivity index (χ4v) is 3.14. The minimum atomic E-state index is 0.608. The molecule has 0 spiro atoms. The molecule has 0 atom stereocenters. The van der Waals surface area contributed by atoms with E-state index in [0.29, 0.717) is 5.11 Å². The highest BCUT2D eigenvalue weighted by Crippen LogP contribution is 2.27. The molecule has 0 bridgehead atoms. The number of hydrogen-bond donors (Lipinski definition) is 2. The smallest absolute Gasteiger partial charge is 0.189 e. The predicted molar refractivity (Wildman–Crippen MR) is 95.0 cm³/mol. The van der Waals surface area contributed by atoms with Gasteiger partial charge in [-0.25, -0.2) is 4.98 Å². The maximum absolute atomic E-state index is 5.17. The third kappa shape index (κ3) is 3.20. The maximum Gasteiger partial charge on any atom is 0.189 e. The minimum Gasteiger partial charge on any atom is -0.363 e. The molecule has 0 saturated carbocycles. The van der Waals surface area contributed by atoms with E-state index < -0.39 is 0 Å². The van der Waals surface area contributed by atoms with Crippen molar-refractivity contribution >= 4 is 44.6 Å². The Bertz CT molecular complexity index is 780. The second kappa shape index (κ2) is 6.20. The molecule has 1 aromatic heterocycles. The lowest BCUT2D eigenvalue weighted by Crippen LogP contribution is -2.27. The van der Waals surface area contributed by atoms with Gasteiger partial charge in [-0.2, -0.15) is 0 Å². The van der Waals surface area contributed by atoms with Crippen molar-refractivity contribution in [1.82, 2.24) is 10.3 Å². The zero-order valence-corrected chi connectivity index (χ0v) is 13.2. The normalized spacial score (nSPS) is 10.5. The number of nitrogens with one attached hydrogen (secondary N) is 2. The molecule has 3 aromatic rings. The van der Waals surface area contributed by atoms with Gasteiger partial charge in [-0.1, -0.05) is 36.4 Å². The van der Waals surface area contributed by atoms with E-state index in [9.17, 15) is 0 Å². The first-order valence-corrected chi connectivity index (χ1v) is 8.04. The molecule has 2 aromatic carbocycles. The number of thiocarbonyl (C=S) groups is 1. The third-order valence-electron chi connectivity index (χ3n) is 3.11. The zero-order chi connectivity index (χ0) is 14.7. The molecule has 5 heteroatoms. The molecular weight excluding hydrogens is 298 g/mol. The van der Waals surface area contributed by atoms with Crippen LogP contribution in [0.25, 0.3) is 22.0 Å². The third-order valence-corrected chi connectivity index (χ3v) is 4.11. The van der Waals surface area contributed by atoms with Crippen LogP contribution in [0.15, 0.2) is 47.8 Å². The van der Waals surface area contributed by atoms with E-state index in [1.807, 2.05) is 12.3 Å². The Morgan fingerprint density at radius 3 is 2.81 bits per heavy atom. The highest BCUT2D eigenvalue weighted by Gasteiger charge is 2.06. The minimum absolute atomic E-state index is 0.608. The molecule has 0 fully saturated rings. The molecular formula is C16H15N3S2. The number of aromatic nitrogens is 1. The molecule has 0 unspecified atom stereocenters. The van der Waals surface area contributed by atoms with Crippen LogP contribution in [-0.4, -0.2) is 16.6 Å². The van der Waals surface area contributed by atoms with Gasteiger partial charge >= 0.3 is 0 Å². The number of fused-ring (bicyclic) bond motifs is 1. The summed E-state index contributed by atoms with van der Waals surface area (Å²) in [5.41, 5.74) is 2.08. The van der Waals surface area contributed by atoms with E-state index in [2.05, 4.69) is 58.1 Å². The van der Waals surface area contributed by atoms with Gasteiger partial charge in [-0.15, -0.1) is 11.3 Å². The molecule has 1 heterocycles. The lowest BCUT2D eigenvalue weighted by atomic mass is 10.1. The molecule has 106 valence electrons. The monoisotopic (exact) mass is 313 g/mol. The van der Waals surface area contributed by atoms with Crippen LogP contribution in [0.4, 0.5) is 5.13 Å². The van der Waals surface area contributed by atoms with E-state index in [1.165, 1.54) is 10.8 Å². The fraction of sp³-hybridized carbons (Fsp3) is 0.125. The topological polar surface area (TPSA) is 37.0 Å². The van der Waals surface area contributed by atoms with Crippen molar-refractivity contribution in [1.29, 1.82) is 0 Å². The van der Waals surface area contributed by atoms with Gasteiger partial charge in [0.15, 0.2) is 10.2 Å². The van der Waals surface area contributed by atoms with Gasteiger partial charge in [0, 0.05) is 17.5 Å². The Morgan fingerprint density at radius 1 is 1.19 bits per heavy atom. The summed E-state index contributed by atoms with van der Waals surface area (Å²) in [5, 5.41) is 12.1. The Hall–Kier alpha value is -1.98. The molecule has 0 aliphatic heterocycles. The van der Waals surface area contributed by atoms with Gasteiger partial charge in [0.25, 0.3) is 0 Å². The van der Waals surface area contributed by atoms with Crippen molar-refractivity contribution in [2.24, 2.45) is 0 Å². The standard InChI is InChI=1S/C16H15N3S2/c1-2-17-15(20)19-16-18-14(10-21-16)13-8-7-11-5-3-4-6-12(11)9-13/h3-10H,2H2,1H3,(H2,17,18,19,20). The SMILES string of the molecule is CCNC(=S)Nc1nc(-c2ccc3ccccc3c2)cs1. The van der Waals surface area contributed by atoms with Crippen molar-refractivity contribution < 1.29 is 0 Å². The number of nitrogens with zero attached hydrogens (tertiary/aromatic N) is 1. The molecule has 3 rings (SSSR count). The van der Waals surface area contributed by atoms with Crippen LogP contribution >= 0.6 is 23.6 Å². The largest absolute Gasteiger partial charge is 0.363 e. The van der Waals surface area contributed by atoms with Crippen molar-refractivity contribution in [2.75, 3.05) is 11.9 Å². The van der Waals surface area contributed by atoms with Gasteiger partial charge in [0.2, 0.25) is 0 Å². The summed E-state index contributed by atoms with van der Waals surface area (Å²) in [7, 11) is 0. The summed E-state index contributed by atoms with van der Waals surface area (Å²) >= 11 is 6.72. The first kappa shape index (κ1) is 14.0. The summed E-state index contributed by atoms with van der Waals surface area (Å²) in [5.74, 6) is 0. The number of benzene rings is 2. The van der Waals surface area contributed by atoms with Crippen LogP contribution < -0.4 is 10.6 Å². The lowest BCUT2D eigenvalue weighted by Gasteiger charge is -2.04. The molecule has 0 amide bonds. The van der Waals surface area contributed by atoms with E-state index in [0.717, 1.165) is 22.9 Å². The van der Waals surface area contributed by atoms with E-state index in [-0.39, 0.29) is 0 Å². The summed E-state index contributed by atoms with van der Waals surface area (Å²) in [4.78, 5) is 4.59. The average molecular weight is 313 g/mol. The number of rotatable bonds is 3. The summed E-state index contributed by atoms with van der Waals surface area (Å²) in [6, 6.07) is 14.7. The Balaban J connectivity index is 1.85. The van der Waals surface area contributed by atoms with Gasteiger partial charge in [-0.3, -0.25) is 0 Å². The van der Waals surface area contributed by atoms with Crippen LogP contribution in [-0.2, 0) is 0 Å². The second-order valence-corrected chi connectivity index (χ2v) is 5.85. The Labute approximate surface area is 133 Å². The molecule has 0 saturated heterocycles. The molecule has 0 radical (unpaired) electrons. The highest BCUT2D eigenvalue weighted by molar-refractivity contribution is 7.80. The van der Waals surface area contributed by atoms with E-state index in [1.54, 1.807) is 11.3 Å². The van der Waals surface area contributed by atoms with Gasteiger partial charge < -0.3 is 10.6 Å². The maximum atomic E-state index is 5.17. The summed E-state index contributed by atoms with van der Waals surface area (Å²) in [6.45, 7) is 2.81. The first-order valence-electron chi connectivity index (χ1n) is 6.76. The van der Waals surface area contributed by atoms with Crippen LogP contribution in [0.5, 0.6) is 0 Å². The number of thiazole rings is 1. The predicted octanol–water partition coefficient (Wildman–Crippen LogP) is 4.27. The summed E-state index contributed by atoms with van der Waals surface area (Å²) < 4.78 is 0. The second-order valence-electron chi connectivity index (χ2n) is 4.58. The van der Waals surface area contributed by atoms with Crippen molar-refractivity contribution in [3.63, 3.8) is 0 Å². The number of anilines is 1. The molecule has 3 nitrogen and oxygen atoms in total. The quantitative estimate of drug-likeness (QED) is 0.708. The van der Waals surface area contributed by atoms with Crippen molar-refractivity contribution in [3.8, 4) is 11.3 Å². The van der Waals surface area contributed by atoms with Gasteiger partial charge in [0.05, 0.1) is 5.69 Å². The highest BCUT2D eigenvalue weighted by atomic mass is 32.1. The van der Waals surface area contributed by atoms with Crippen LogP contribution in [0.1, 0.15) is 6.92 Å². The van der Waals surface area contributed by atoms with E-state index >= 15 is 0 Å². The van der Waals surface area contributed by atoms with Crippen LogP contribution in [0.3, 0.4) is 0 Å². The van der Waals surface area contributed by atoms with Crippen LogP contribution in [0, 0.1) is 0 Å². The zero-order valence-electron chi connectivity index (χ0n) is 11.6. The van der Waals surface area contributed by atoms with Gasteiger partial charge in [0.1, 0.15) is 0 Å². The molecule has 0 aliphatic rings. The molecule has 2 N–H and O–H groups in total. The molecule has 0 aliphatic carbocycles. The van der Waals surface area contributed by atoms with Gasteiger partial charge in [-0.05, 0) is 36.0 Å².